The van der Waals surface area contributed by atoms with Crippen LogP contribution in [0.25, 0.3) is 11.4 Å². The smallest absolute Gasteiger partial charge is 0.342 e. The van der Waals surface area contributed by atoms with Crippen molar-refractivity contribution in [3.05, 3.63) is 66.4 Å². The van der Waals surface area contributed by atoms with Crippen molar-refractivity contribution in [2.75, 3.05) is 0 Å². The van der Waals surface area contributed by atoms with Gasteiger partial charge in [-0.15, -0.1) is 0 Å². The zero-order chi connectivity index (χ0) is 16.2. The monoisotopic (exact) mass is 311 g/mol. The molecule has 2 aromatic heterocycles. The Kier molecular flexibility index (Phi) is 3.92. The summed E-state index contributed by atoms with van der Waals surface area (Å²) in [7, 11) is 0. The Morgan fingerprint density at radius 2 is 1.78 bits per heavy atom. The third kappa shape index (κ3) is 3.29. The third-order valence-electron chi connectivity index (χ3n) is 2.95. The molecule has 23 heavy (non-hydrogen) atoms. The van der Waals surface area contributed by atoms with Crippen molar-refractivity contribution in [1.82, 2.24) is 15.0 Å². The highest BCUT2D eigenvalue weighted by Gasteiger charge is 2.16. The predicted molar refractivity (Wildman–Crippen MR) is 78.7 cm³/mol. The molecule has 2 heterocycles. The molecule has 0 unspecified atom stereocenters. The number of carboxylic acid groups (broad SMARTS) is 1. The summed E-state index contributed by atoms with van der Waals surface area (Å²) < 4.78 is 18.4. The van der Waals surface area contributed by atoms with Crippen LogP contribution in [-0.4, -0.2) is 26.0 Å². The molecule has 0 amide bonds. The van der Waals surface area contributed by atoms with E-state index in [0.29, 0.717) is 11.4 Å². The molecule has 0 saturated heterocycles. The number of nitrogens with zero attached hydrogens (tertiary/aromatic N) is 3. The lowest BCUT2D eigenvalue weighted by molar-refractivity contribution is 0.0693. The van der Waals surface area contributed by atoms with Crippen LogP contribution in [0.2, 0.25) is 0 Å². The van der Waals surface area contributed by atoms with Gasteiger partial charge >= 0.3 is 5.97 Å². The number of halogens is 1. The second-order valence-electron chi connectivity index (χ2n) is 4.51. The topological polar surface area (TPSA) is 85.2 Å². The van der Waals surface area contributed by atoms with Gasteiger partial charge in [-0.3, -0.25) is 4.98 Å². The van der Waals surface area contributed by atoms with Gasteiger partial charge in [-0.2, -0.15) is 4.98 Å². The number of aromatic carboxylic acids is 1. The van der Waals surface area contributed by atoms with Gasteiger partial charge in [-0.05, 0) is 36.4 Å². The lowest BCUT2D eigenvalue weighted by atomic mass is 10.2. The number of rotatable bonds is 4. The van der Waals surface area contributed by atoms with Crippen molar-refractivity contribution < 1.29 is 19.0 Å². The van der Waals surface area contributed by atoms with E-state index >= 15 is 0 Å². The summed E-state index contributed by atoms with van der Waals surface area (Å²) in [6.07, 6.45) is 4.32. The van der Waals surface area contributed by atoms with Crippen molar-refractivity contribution in [3.8, 4) is 23.0 Å². The molecule has 0 aliphatic carbocycles. The maximum absolute atomic E-state index is 12.9. The van der Waals surface area contributed by atoms with Crippen LogP contribution in [0.15, 0.2) is 55.0 Å². The highest BCUT2D eigenvalue weighted by Crippen LogP contribution is 2.25. The Hall–Kier alpha value is -3.35. The largest absolute Gasteiger partial charge is 0.477 e. The number of ether oxygens (including phenoxy) is 1. The zero-order valence-corrected chi connectivity index (χ0v) is 11.7. The number of carbonyl (C=O) groups is 1. The molecule has 0 atom stereocenters. The minimum absolute atomic E-state index is 0.120. The molecule has 0 aliphatic rings. The number of pyridine rings is 1. The summed E-state index contributed by atoms with van der Waals surface area (Å²) in [5.74, 6) is -1.19. The summed E-state index contributed by atoms with van der Waals surface area (Å²) in [5, 5.41) is 9.22. The molecule has 0 aliphatic heterocycles. The van der Waals surface area contributed by atoms with Gasteiger partial charge in [0.1, 0.15) is 17.1 Å². The number of benzene rings is 1. The first-order valence-corrected chi connectivity index (χ1v) is 6.57. The predicted octanol–water partition coefficient (Wildman–Crippen LogP) is 3.17. The minimum Gasteiger partial charge on any atom is -0.477 e. The Morgan fingerprint density at radius 3 is 2.43 bits per heavy atom. The van der Waals surface area contributed by atoms with Gasteiger partial charge < -0.3 is 9.84 Å². The summed E-state index contributed by atoms with van der Waals surface area (Å²) in [4.78, 5) is 23.4. The Morgan fingerprint density at radius 1 is 1.09 bits per heavy atom. The van der Waals surface area contributed by atoms with Gasteiger partial charge in [0.2, 0.25) is 5.88 Å². The molecule has 0 radical (unpaired) electrons. The summed E-state index contributed by atoms with van der Waals surface area (Å²) >= 11 is 0. The first-order valence-electron chi connectivity index (χ1n) is 6.57. The van der Waals surface area contributed by atoms with Crippen molar-refractivity contribution in [2.45, 2.75) is 0 Å². The molecular weight excluding hydrogens is 301 g/mol. The van der Waals surface area contributed by atoms with Crippen molar-refractivity contribution in [2.24, 2.45) is 0 Å². The highest BCUT2D eigenvalue weighted by atomic mass is 19.1. The van der Waals surface area contributed by atoms with Crippen LogP contribution < -0.4 is 4.74 Å². The van der Waals surface area contributed by atoms with Gasteiger partial charge in [0.05, 0.1) is 0 Å². The second kappa shape index (κ2) is 6.18. The second-order valence-corrected chi connectivity index (χ2v) is 4.51. The average Bonchev–Trinajstić information content (AvgIpc) is 2.57. The Labute approximate surface area is 130 Å². The minimum atomic E-state index is -1.22. The highest BCUT2D eigenvalue weighted by molar-refractivity contribution is 5.90. The molecule has 3 rings (SSSR count). The lowest BCUT2D eigenvalue weighted by Crippen LogP contribution is -2.04. The van der Waals surface area contributed by atoms with Crippen molar-refractivity contribution in [1.29, 1.82) is 0 Å². The van der Waals surface area contributed by atoms with Gasteiger partial charge in [0, 0.05) is 24.2 Å². The van der Waals surface area contributed by atoms with E-state index in [0.717, 1.165) is 0 Å². The molecular formula is C16H10FN3O3. The molecule has 114 valence electrons. The van der Waals surface area contributed by atoms with Crippen molar-refractivity contribution >= 4 is 5.97 Å². The van der Waals surface area contributed by atoms with Crippen LogP contribution in [0.5, 0.6) is 11.6 Å². The van der Waals surface area contributed by atoms with E-state index < -0.39 is 11.8 Å². The van der Waals surface area contributed by atoms with E-state index in [1.165, 1.54) is 30.5 Å². The number of hydrogen-bond acceptors (Lipinski definition) is 5. The molecule has 1 aromatic carbocycles. The van der Waals surface area contributed by atoms with Crippen LogP contribution in [0.3, 0.4) is 0 Å². The SMILES string of the molecule is O=C(O)c1cnc(-c2ccncc2)nc1Oc1ccc(F)cc1. The summed E-state index contributed by atoms with van der Waals surface area (Å²) in [6, 6.07) is 8.57. The van der Waals surface area contributed by atoms with Crippen LogP contribution in [0, 0.1) is 5.82 Å². The van der Waals surface area contributed by atoms with Gasteiger partial charge in [0.15, 0.2) is 5.82 Å². The molecule has 0 bridgehead atoms. The first-order chi connectivity index (χ1) is 11.1. The zero-order valence-electron chi connectivity index (χ0n) is 11.7. The molecule has 0 fully saturated rings. The molecule has 0 saturated carbocycles. The molecule has 7 heteroatoms. The quantitative estimate of drug-likeness (QED) is 0.796. The van der Waals surface area contributed by atoms with Crippen LogP contribution >= 0.6 is 0 Å². The standard InChI is InChI=1S/C16H10FN3O3/c17-11-1-3-12(4-2-11)23-15-13(16(21)22)9-19-14(20-15)10-5-7-18-8-6-10/h1-9H,(H,21,22). The lowest BCUT2D eigenvalue weighted by Gasteiger charge is -2.09. The van der Waals surface area contributed by atoms with Crippen LogP contribution in [-0.2, 0) is 0 Å². The van der Waals surface area contributed by atoms with E-state index in [-0.39, 0.29) is 17.2 Å². The van der Waals surface area contributed by atoms with E-state index in [4.69, 9.17) is 4.74 Å². The van der Waals surface area contributed by atoms with E-state index in [2.05, 4.69) is 15.0 Å². The maximum Gasteiger partial charge on any atom is 0.342 e. The van der Waals surface area contributed by atoms with Gasteiger partial charge in [-0.25, -0.2) is 14.2 Å². The third-order valence-corrected chi connectivity index (χ3v) is 2.95. The molecule has 1 N–H and O–H groups in total. The van der Waals surface area contributed by atoms with E-state index in [1.54, 1.807) is 24.5 Å². The average molecular weight is 311 g/mol. The molecule has 6 nitrogen and oxygen atoms in total. The number of carboxylic acids is 1. The normalized spacial score (nSPS) is 10.3. The fraction of sp³-hybridized carbons (Fsp3) is 0. The Balaban J connectivity index is 2.01. The molecule has 0 spiro atoms. The van der Waals surface area contributed by atoms with Crippen LogP contribution in [0.1, 0.15) is 10.4 Å². The Bertz CT molecular complexity index is 839. The summed E-state index contributed by atoms with van der Waals surface area (Å²) in [5.41, 5.74) is 0.480. The fourth-order valence-electron chi connectivity index (χ4n) is 1.85. The maximum atomic E-state index is 12.9. The van der Waals surface area contributed by atoms with Crippen LogP contribution in [0.4, 0.5) is 4.39 Å². The van der Waals surface area contributed by atoms with Gasteiger partial charge in [-0.1, -0.05) is 0 Å². The van der Waals surface area contributed by atoms with E-state index in [1.807, 2.05) is 0 Å². The molecule has 3 aromatic rings. The fourth-order valence-corrected chi connectivity index (χ4v) is 1.85. The van der Waals surface area contributed by atoms with E-state index in [9.17, 15) is 14.3 Å². The van der Waals surface area contributed by atoms with Crippen molar-refractivity contribution in [3.63, 3.8) is 0 Å². The first kappa shape index (κ1) is 14.6. The summed E-state index contributed by atoms with van der Waals surface area (Å²) in [6.45, 7) is 0. The number of aromatic nitrogens is 3. The number of hydrogen-bond donors (Lipinski definition) is 1. The van der Waals surface area contributed by atoms with Gasteiger partial charge in [0.25, 0.3) is 0 Å².